The molecule has 5 nitrogen and oxygen atoms in total. The molecule has 0 saturated heterocycles. The molecule has 6 heteroatoms. The summed E-state index contributed by atoms with van der Waals surface area (Å²) in [6.07, 6.45) is 1.80. The molecule has 1 aliphatic heterocycles. The molecule has 2 heterocycles. The third-order valence-corrected chi connectivity index (χ3v) is 5.77. The smallest absolute Gasteiger partial charge is 0.261 e. The fraction of sp³-hybridized carbons (Fsp3) is 0.0385. The maximum atomic E-state index is 13.2. The maximum Gasteiger partial charge on any atom is 0.261 e. The monoisotopic (exact) mass is 440 g/mol. The van der Waals surface area contributed by atoms with E-state index in [2.05, 4.69) is 0 Å². The molecule has 1 aliphatic rings. The molecule has 0 N–H and O–H groups in total. The molecular formula is C26H17ClN2O3. The van der Waals surface area contributed by atoms with Crippen molar-refractivity contribution in [3.8, 4) is 5.69 Å². The summed E-state index contributed by atoms with van der Waals surface area (Å²) in [4.78, 5) is 40.1. The highest BCUT2D eigenvalue weighted by Crippen LogP contribution is 2.28. The Morgan fingerprint density at radius 1 is 0.781 bits per heavy atom. The van der Waals surface area contributed by atoms with Crippen LogP contribution in [0.5, 0.6) is 0 Å². The van der Waals surface area contributed by atoms with Crippen molar-refractivity contribution in [2.24, 2.45) is 0 Å². The predicted octanol–water partition coefficient (Wildman–Crippen LogP) is 5.16. The van der Waals surface area contributed by atoms with E-state index in [-0.39, 0.29) is 24.1 Å². The summed E-state index contributed by atoms with van der Waals surface area (Å²) in [5, 5.41) is 0.446. The van der Waals surface area contributed by atoms with Crippen molar-refractivity contribution in [1.29, 1.82) is 0 Å². The largest absolute Gasteiger partial charge is 0.318 e. The zero-order chi connectivity index (χ0) is 22.2. The molecule has 3 aromatic carbocycles. The highest BCUT2D eigenvalue weighted by atomic mass is 35.5. The minimum Gasteiger partial charge on any atom is -0.318 e. The fourth-order valence-corrected chi connectivity index (χ4v) is 4.14. The summed E-state index contributed by atoms with van der Waals surface area (Å²) in [6.45, 7) is 0.0843. The topological polar surface area (TPSA) is 59.4 Å². The summed E-state index contributed by atoms with van der Waals surface area (Å²) in [7, 11) is 0. The van der Waals surface area contributed by atoms with Crippen LogP contribution in [0.15, 0.2) is 91.1 Å². The maximum absolute atomic E-state index is 13.2. The molecule has 1 aromatic heterocycles. The van der Waals surface area contributed by atoms with Gasteiger partial charge in [0.15, 0.2) is 5.78 Å². The number of ketones is 1. The second-order valence-corrected chi connectivity index (χ2v) is 7.90. The number of hydrogen-bond donors (Lipinski definition) is 0. The Balaban J connectivity index is 1.53. The predicted molar refractivity (Wildman–Crippen MR) is 121 cm³/mol. The zero-order valence-corrected chi connectivity index (χ0v) is 17.6. The number of fused-ring (bicyclic) bond motifs is 1. The Bertz CT molecular complexity index is 1340. The van der Waals surface area contributed by atoms with E-state index in [0.717, 1.165) is 0 Å². The lowest BCUT2D eigenvalue weighted by Gasteiger charge is -2.18. The first-order chi connectivity index (χ1) is 15.5. The fourth-order valence-electron chi connectivity index (χ4n) is 3.97. The van der Waals surface area contributed by atoms with E-state index in [1.54, 1.807) is 72.9 Å². The van der Waals surface area contributed by atoms with Crippen LogP contribution in [0.3, 0.4) is 0 Å². The van der Waals surface area contributed by atoms with Gasteiger partial charge in [0.2, 0.25) is 0 Å². The van der Waals surface area contributed by atoms with Gasteiger partial charge in [0.25, 0.3) is 11.8 Å². The molecule has 0 radical (unpaired) electrons. The van der Waals surface area contributed by atoms with Gasteiger partial charge in [-0.2, -0.15) is 0 Å². The van der Waals surface area contributed by atoms with Crippen molar-refractivity contribution in [2.75, 3.05) is 0 Å². The molecule has 5 rings (SSSR count). The van der Waals surface area contributed by atoms with Gasteiger partial charge in [0.05, 0.1) is 23.4 Å². The van der Waals surface area contributed by atoms with Gasteiger partial charge in [-0.15, -0.1) is 0 Å². The second-order valence-electron chi connectivity index (χ2n) is 7.47. The van der Waals surface area contributed by atoms with E-state index in [1.807, 2.05) is 22.8 Å². The van der Waals surface area contributed by atoms with Crippen molar-refractivity contribution < 1.29 is 14.4 Å². The van der Waals surface area contributed by atoms with Crippen LogP contribution in [0.1, 0.15) is 42.3 Å². The van der Waals surface area contributed by atoms with Crippen molar-refractivity contribution in [2.45, 2.75) is 6.54 Å². The van der Waals surface area contributed by atoms with Gasteiger partial charge < -0.3 is 4.57 Å². The number of rotatable bonds is 5. The molecule has 0 unspecified atom stereocenters. The Morgan fingerprint density at radius 3 is 2.12 bits per heavy atom. The minimum absolute atomic E-state index is 0.0843. The van der Waals surface area contributed by atoms with Crippen LogP contribution in [-0.4, -0.2) is 27.1 Å². The van der Waals surface area contributed by atoms with Crippen LogP contribution >= 0.6 is 11.6 Å². The number of carbonyl (C=O) groups excluding carboxylic acids is 3. The van der Waals surface area contributed by atoms with Gasteiger partial charge in [0.1, 0.15) is 0 Å². The first-order valence-electron chi connectivity index (χ1n) is 10.1. The standard InChI is InChI=1S/C26H17ClN2O3/c27-18-12-13-23(22(15-18)24(30)17-7-2-1-3-8-17)28-14-6-9-19(28)16-29-25(31)20-10-4-5-11-21(20)26(29)32/h1-15H,16H2. The SMILES string of the molecule is O=C(c1ccccc1)c1cc(Cl)ccc1-n1cccc1CN1C(=O)c2ccccc2C1=O. The molecular weight excluding hydrogens is 424 g/mol. The third kappa shape index (κ3) is 3.33. The summed E-state index contributed by atoms with van der Waals surface area (Å²) in [5.74, 6) is -0.812. The van der Waals surface area contributed by atoms with Crippen molar-refractivity contribution in [3.63, 3.8) is 0 Å². The van der Waals surface area contributed by atoms with Gasteiger partial charge in [-0.05, 0) is 42.5 Å². The average molecular weight is 441 g/mol. The number of imide groups is 1. The van der Waals surface area contributed by atoms with E-state index in [0.29, 0.717) is 38.7 Å². The molecule has 0 fully saturated rings. The zero-order valence-electron chi connectivity index (χ0n) is 16.9. The average Bonchev–Trinajstić information content (AvgIpc) is 3.38. The molecule has 0 spiro atoms. The highest BCUT2D eigenvalue weighted by molar-refractivity contribution is 6.31. The van der Waals surface area contributed by atoms with Crippen LogP contribution < -0.4 is 0 Å². The molecule has 0 atom stereocenters. The highest BCUT2D eigenvalue weighted by Gasteiger charge is 2.35. The lowest BCUT2D eigenvalue weighted by atomic mass is 10.0. The molecule has 2 amide bonds. The normalized spacial score (nSPS) is 12.8. The Morgan fingerprint density at radius 2 is 1.44 bits per heavy atom. The Kier molecular flexibility index (Phi) is 4.96. The molecule has 0 saturated carbocycles. The van der Waals surface area contributed by atoms with Crippen molar-refractivity contribution in [1.82, 2.24) is 9.47 Å². The molecule has 4 aromatic rings. The second kappa shape index (κ2) is 7.94. The quantitative estimate of drug-likeness (QED) is 0.318. The van der Waals surface area contributed by atoms with E-state index >= 15 is 0 Å². The van der Waals surface area contributed by atoms with E-state index < -0.39 is 0 Å². The van der Waals surface area contributed by atoms with Crippen molar-refractivity contribution in [3.05, 3.63) is 124 Å². The van der Waals surface area contributed by atoms with Crippen LogP contribution in [0.2, 0.25) is 5.02 Å². The van der Waals surface area contributed by atoms with Gasteiger partial charge in [-0.1, -0.05) is 54.1 Å². The Hall–Kier alpha value is -3.96. The lowest BCUT2D eigenvalue weighted by molar-refractivity contribution is 0.0639. The van der Waals surface area contributed by atoms with Gasteiger partial charge in [0, 0.05) is 28.0 Å². The van der Waals surface area contributed by atoms with Crippen LogP contribution in [0, 0.1) is 0 Å². The van der Waals surface area contributed by atoms with Crippen LogP contribution in [0.4, 0.5) is 0 Å². The molecule has 0 aliphatic carbocycles. The first kappa shape index (κ1) is 20.0. The molecule has 32 heavy (non-hydrogen) atoms. The van der Waals surface area contributed by atoms with Gasteiger partial charge in [-0.3, -0.25) is 19.3 Å². The first-order valence-corrected chi connectivity index (χ1v) is 10.4. The van der Waals surface area contributed by atoms with Crippen molar-refractivity contribution >= 4 is 29.2 Å². The number of benzene rings is 3. The Labute approximate surface area is 189 Å². The number of carbonyl (C=O) groups is 3. The number of amides is 2. The number of aromatic nitrogens is 1. The minimum atomic E-state index is -0.324. The number of halogens is 1. The van der Waals surface area contributed by atoms with Gasteiger partial charge >= 0.3 is 0 Å². The van der Waals surface area contributed by atoms with E-state index in [1.165, 1.54) is 4.90 Å². The number of hydrogen-bond acceptors (Lipinski definition) is 3. The summed E-state index contributed by atoms with van der Waals surface area (Å²) in [6, 6.07) is 24.5. The molecule has 156 valence electrons. The van der Waals surface area contributed by atoms with E-state index in [4.69, 9.17) is 11.6 Å². The van der Waals surface area contributed by atoms with Crippen LogP contribution in [0.25, 0.3) is 5.69 Å². The lowest BCUT2D eigenvalue weighted by Crippen LogP contribution is -2.30. The van der Waals surface area contributed by atoms with E-state index in [9.17, 15) is 14.4 Å². The summed E-state index contributed by atoms with van der Waals surface area (Å²) < 4.78 is 1.82. The molecule has 0 bridgehead atoms. The van der Waals surface area contributed by atoms with Crippen LogP contribution in [-0.2, 0) is 6.54 Å². The summed E-state index contributed by atoms with van der Waals surface area (Å²) >= 11 is 6.22. The third-order valence-electron chi connectivity index (χ3n) is 5.53. The van der Waals surface area contributed by atoms with Gasteiger partial charge in [-0.25, -0.2) is 0 Å². The number of nitrogens with zero attached hydrogens (tertiary/aromatic N) is 2. The summed E-state index contributed by atoms with van der Waals surface area (Å²) in [5.41, 5.74) is 3.11.